The largest absolute Gasteiger partial charge is 0.497 e. The number of esters is 1. The van der Waals surface area contributed by atoms with E-state index in [1.165, 1.54) is 7.11 Å². The normalized spacial score (nSPS) is 14.3. The van der Waals surface area contributed by atoms with Crippen LogP contribution < -0.4 is 4.74 Å². The van der Waals surface area contributed by atoms with E-state index < -0.39 is 20.3 Å². The lowest BCUT2D eigenvalue weighted by molar-refractivity contribution is -0.144. The van der Waals surface area contributed by atoms with Crippen LogP contribution in [-0.2, 0) is 14.0 Å². The van der Waals surface area contributed by atoms with Gasteiger partial charge in [0, 0.05) is 5.02 Å². The first-order valence-electron chi connectivity index (χ1n) is 10.3. The molecule has 0 N–H and O–H groups in total. The van der Waals surface area contributed by atoms with Gasteiger partial charge in [0.25, 0.3) is 0 Å². The van der Waals surface area contributed by atoms with Crippen LogP contribution in [0.5, 0.6) is 5.75 Å². The van der Waals surface area contributed by atoms with E-state index in [9.17, 15) is 4.79 Å². The van der Waals surface area contributed by atoms with Gasteiger partial charge in [0.2, 0.25) is 0 Å². The molecule has 0 bridgehead atoms. The molecule has 0 fully saturated rings. The number of hydrogen-bond donors (Lipinski definition) is 0. The van der Waals surface area contributed by atoms with Crippen LogP contribution in [0.15, 0.2) is 54.6 Å². The second kappa shape index (κ2) is 10.5. The van der Waals surface area contributed by atoms with E-state index in [1.807, 2.05) is 48.6 Å². The first-order valence-corrected chi connectivity index (χ1v) is 13.6. The number of methoxy groups -OCH3 is 2. The quantitative estimate of drug-likeness (QED) is 0.324. The van der Waals surface area contributed by atoms with E-state index >= 15 is 0 Å². The van der Waals surface area contributed by atoms with Crippen LogP contribution in [0.2, 0.25) is 23.2 Å². The van der Waals surface area contributed by atoms with E-state index in [1.54, 1.807) is 19.2 Å². The highest BCUT2D eigenvalue weighted by atomic mass is 35.5. The van der Waals surface area contributed by atoms with Crippen LogP contribution in [0.3, 0.4) is 0 Å². The van der Waals surface area contributed by atoms with Gasteiger partial charge in [-0.15, -0.1) is 0 Å². The van der Waals surface area contributed by atoms with Gasteiger partial charge < -0.3 is 13.9 Å². The van der Waals surface area contributed by atoms with Crippen LogP contribution >= 0.6 is 11.6 Å². The third-order valence-electron chi connectivity index (χ3n) is 5.84. The minimum Gasteiger partial charge on any atom is -0.497 e. The first-order chi connectivity index (χ1) is 14.5. The topological polar surface area (TPSA) is 44.8 Å². The van der Waals surface area contributed by atoms with Gasteiger partial charge in [-0.2, -0.15) is 0 Å². The van der Waals surface area contributed by atoms with Crippen LogP contribution in [0.4, 0.5) is 0 Å². The minimum atomic E-state index is -2.19. The predicted molar refractivity (Wildman–Crippen MR) is 130 cm³/mol. The summed E-state index contributed by atoms with van der Waals surface area (Å²) in [6.07, 6.45) is 3.44. The summed E-state index contributed by atoms with van der Waals surface area (Å²) in [5.74, 6) is -0.156. The molecule has 31 heavy (non-hydrogen) atoms. The average Bonchev–Trinajstić information content (AvgIpc) is 2.72. The maximum absolute atomic E-state index is 12.9. The SMILES string of the molecule is COC(=O)[C@@H](c1ccc(Cl)cc1)[C@@H](/C=C/c1ccc(OC)cc1)O[Si](C)(C)C(C)(C)C. The van der Waals surface area contributed by atoms with Gasteiger partial charge in [0.15, 0.2) is 8.32 Å². The molecular weight excluding hydrogens is 428 g/mol. The Morgan fingerprint density at radius 3 is 2.06 bits per heavy atom. The van der Waals surface area contributed by atoms with E-state index in [4.69, 9.17) is 25.5 Å². The molecule has 0 spiro atoms. The Morgan fingerprint density at radius 2 is 1.58 bits per heavy atom. The summed E-state index contributed by atoms with van der Waals surface area (Å²) in [6, 6.07) is 15.0. The molecule has 2 aromatic carbocycles. The summed E-state index contributed by atoms with van der Waals surface area (Å²) in [6.45, 7) is 10.9. The summed E-state index contributed by atoms with van der Waals surface area (Å²) in [5, 5.41) is 0.600. The fraction of sp³-hybridized carbons (Fsp3) is 0.400. The highest BCUT2D eigenvalue weighted by Crippen LogP contribution is 2.40. The van der Waals surface area contributed by atoms with Crippen LogP contribution in [0.1, 0.15) is 37.8 Å². The maximum Gasteiger partial charge on any atom is 0.316 e. The fourth-order valence-corrected chi connectivity index (χ4v) is 4.29. The van der Waals surface area contributed by atoms with E-state index in [2.05, 4.69) is 33.9 Å². The molecule has 2 atom stereocenters. The van der Waals surface area contributed by atoms with Crippen molar-refractivity contribution in [1.29, 1.82) is 0 Å². The van der Waals surface area contributed by atoms with Crippen molar-refractivity contribution in [1.82, 2.24) is 0 Å². The Kier molecular flexibility index (Phi) is 8.52. The molecule has 0 heterocycles. The number of benzene rings is 2. The van der Waals surface area contributed by atoms with Crippen molar-refractivity contribution in [2.24, 2.45) is 0 Å². The second-order valence-corrected chi connectivity index (χ2v) is 14.2. The molecule has 2 aromatic rings. The van der Waals surface area contributed by atoms with Gasteiger partial charge in [-0.25, -0.2) is 0 Å². The zero-order valence-electron chi connectivity index (χ0n) is 19.4. The molecule has 6 heteroatoms. The van der Waals surface area contributed by atoms with Gasteiger partial charge in [-0.05, 0) is 53.5 Å². The van der Waals surface area contributed by atoms with Crippen molar-refractivity contribution < 1.29 is 18.7 Å². The van der Waals surface area contributed by atoms with Crippen molar-refractivity contribution in [3.63, 3.8) is 0 Å². The highest BCUT2D eigenvalue weighted by molar-refractivity contribution is 6.74. The van der Waals surface area contributed by atoms with Gasteiger partial charge in [-0.3, -0.25) is 4.79 Å². The van der Waals surface area contributed by atoms with Crippen LogP contribution in [0.25, 0.3) is 6.08 Å². The van der Waals surface area contributed by atoms with Crippen molar-refractivity contribution >= 4 is 32.0 Å². The molecular formula is C25H33ClO4Si. The Balaban J connectivity index is 2.49. The summed E-state index contributed by atoms with van der Waals surface area (Å²) >= 11 is 6.08. The van der Waals surface area contributed by atoms with Crippen molar-refractivity contribution in [3.05, 3.63) is 70.8 Å². The number of carbonyl (C=O) groups is 1. The summed E-state index contributed by atoms with van der Waals surface area (Å²) in [5.41, 5.74) is 1.80. The number of rotatable bonds is 8. The summed E-state index contributed by atoms with van der Waals surface area (Å²) in [7, 11) is 0.853. The van der Waals surface area contributed by atoms with Gasteiger partial charge in [0.1, 0.15) is 11.7 Å². The van der Waals surface area contributed by atoms with Gasteiger partial charge in [-0.1, -0.05) is 68.8 Å². The van der Waals surface area contributed by atoms with E-state index in [-0.39, 0.29) is 11.0 Å². The number of halogens is 1. The molecule has 0 aliphatic heterocycles. The highest BCUT2D eigenvalue weighted by Gasteiger charge is 2.42. The van der Waals surface area contributed by atoms with E-state index in [0.29, 0.717) is 5.02 Å². The Labute approximate surface area is 192 Å². The van der Waals surface area contributed by atoms with Crippen LogP contribution in [0, 0.1) is 0 Å². The summed E-state index contributed by atoms with van der Waals surface area (Å²) < 4.78 is 17.1. The zero-order chi connectivity index (χ0) is 23.2. The molecule has 0 aromatic heterocycles. The van der Waals surface area contributed by atoms with Gasteiger partial charge in [0.05, 0.1) is 20.3 Å². The lowest BCUT2D eigenvalue weighted by atomic mass is 9.92. The number of ether oxygens (including phenoxy) is 2. The first kappa shape index (κ1) is 25.2. The number of carbonyl (C=O) groups excluding carboxylic acids is 1. The molecule has 0 aliphatic carbocycles. The smallest absolute Gasteiger partial charge is 0.316 e. The minimum absolute atomic E-state index is 0.0140. The number of hydrogen-bond acceptors (Lipinski definition) is 4. The lowest BCUT2D eigenvalue weighted by Gasteiger charge is -2.40. The zero-order valence-corrected chi connectivity index (χ0v) is 21.2. The Morgan fingerprint density at radius 1 is 1.00 bits per heavy atom. The molecule has 168 valence electrons. The summed E-state index contributed by atoms with van der Waals surface area (Å²) in [4.78, 5) is 12.9. The lowest BCUT2D eigenvalue weighted by Crippen LogP contribution is -2.46. The third kappa shape index (κ3) is 6.70. The predicted octanol–water partition coefficient (Wildman–Crippen LogP) is 6.71. The van der Waals surface area contributed by atoms with Crippen molar-refractivity contribution in [2.75, 3.05) is 14.2 Å². The molecule has 0 saturated heterocycles. The van der Waals surface area contributed by atoms with Crippen molar-refractivity contribution in [2.45, 2.75) is 50.9 Å². The fourth-order valence-electron chi connectivity index (χ4n) is 2.91. The standard InChI is InChI=1S/C25H33ClO4Si/c1-25(2,3)31(6,7)30-22(17-10-18-8-15-21(28-4)16-9-18)23(24(27)29-5)19-11-13-20(26)14-12-19/h8-17,22-23H,1-7H3/b17-10+/t22-,23+/m1/s1. The van der Waals surface area contributed by atoms with E-state index in [0.717, 1.165) is 16.9 Å². The average molecular weight is 461 g/mol. The maximum atomic E-state index is 12.9. The van der Waals surface area contributed by atoms with Crippen molar-refractivity contribution in [3.8, 4) is 5.75 Å². The molecule has 0 aliphatic rings. The molecule has 0 saturated carbocycles. The Hall–Kier alpha value is -2.08. The molecule has 2 rings (SSSR count). The molecule has 4 nitrogen and oxygen atoms in total. The molecule has 0 radical (unpaired) electrons. The van der Waals surface area contributed by atoms with Gasteiger partial charge >= 0.3 is 5.97 Å². The monoisotopic (exact) mass is 460 g/mol. The second-order valence-electron chi connectivity index (χ2n) is 9.03. The Bertz CT molecular complexity index is 883. The molecule has 0 unspecified atom stereocenters. The van der Waals surface area contributed by atoms with Crippen LogP contribution in [-0.4, -0.2) is 34.6 Å². The molecule has 0 amide bonds. The third-order valence-corrected chi connectivity index (χ3v) is 10.6.